The van der Waals surface area contributed by atoms with E-state index in [1.807, 2.05) is 56.1 Å². The lowest BCUT2D eigenvalue weighted by molar-refractivity contribution is -0.124. The van der Waals surface area contributed by atoms with Crippen LogP contribution in [0, 0.1) is 0 Å². The standard InChI is InChI=1S/C27H32N4O3/c1-27(2,3)29-26(33)31(15-14-20-17-28-23-7-5-4-6-21(20)23)24-12-10-19-16-18(8-11-22(19)24)9-13-25(32)30-34/h4-9,11,13,16-17,24,28,34H,10,12,14-15H2,1-3H3,(H,29,33)(H,30,32). The zero-order valence-corrected chi connectivity index (χ0v) is 19.9. The van der Waals surface area contributed by atoms with Crippen molar-refractivity contribution in [3.05, 3.63) is 77.0 Å². The van der Waals surface area contributed by atoms with Crippen LogP contribution in [0.15, 0.2) is 54.7 Å². The molecule has 7 heteroatoms. The Morgan fingerprint density at radius 2 is 2.00 bits per heavy atom. The summed E-state index contributed by atoms with van der Waals surface area (Å²) in [7, 11) is 0. The molecule has 3 amide bonds. The number of aryl methyl sites for hydroxylation is 1. The fraction of sp³-hybridized carbons (Fsp3) is 0.333. The number of amides is 3. The van der Waals surface area contributed by atoms with Crippen molar-refractivity contribution in [3.63, 3.8) is 0 Å². The molecule has 0 saturated carbocycles. The molecule has 0 radical (unpaired) electrons. The van der Waals surface area contributed by atoms with E-state index in [-0.39, 0.29) is 17.6 Å². The van der Waals surface area contributed by atoms with Crippen molar-refractivity contribution >= 4 is 28.9 Å². The number of rotatable bonds is 6. The molecule has 0 saturated heterocycles. The van der Waals surface area contributed by atoms with E-state index in [4.69, 9.17) is 5.21 Å². The van der Waals surface area contributed by atoms with Gasteiger partial charge < -0.3 is 15.2 Å². The molecule has 3 aromatic rings. The summed E-state index contributed by atoms with van der Waals surface area (Å²) in [5.74, 6) is -0.569. The molecule has 1 aliphatic rings. The molecule has 0 spiro atoms. The molecule has 1 heterocycles. The lowest BCUT2D eigenvalue weighted by Gasteiger charge is -2.33. The van der Waals surface area contributed by atoms with Gasteiger partial charge in [-0.25, -0.2) is 10.3 Å². The van der Waals surface area contributed by atoms with Gasteiger partial charge >= 0.3 is 6.03 Å². The van der Waals surface area contributed by atoms with Crippen LogP contribution in [0.5, 0.6) is 0 Å². The molecule has 4 N–H and O–H groups in total. The fourth-order valence-electron chi connectivity index (χ4n) is 4.62. The largest absolute Gasteiger partial charge is 0.361 e. The number of carbonyl (C=O) groups excluding carboxylic acids is 2. The van der Waals surface area contributed by atoms with Crippen LogP contribution in [0.25, 0.3) is 17.0 Å². The van der Waals surface area contributed by atoms with Gasteiger partial charge in [0.25, 0.3) is 5.91 Å². The van der Waals surface area contributed by atoms with Crippen LogP contribution in [0.3, 0.4) is 0 Å². The van der Waals surface area contributed by atoms with Gasteiger partial charge in [-0.2, -0.15) is 0 Å². The van der Waals surface area contributed by atoms with E-state index >= 15 is 0 Å². The van der Waals surface area contributed by atoms with Gasteiger partial charge in [-0.05, 0) is 74.4 Å². The topological polar surface area (TPSA) is 97.5 Å². The molecular formula is C27H32N4O3. The number of carbonyl (C=O) groups is 2. The Morgan fingerprint density at radius 3 is 2.76 bits per heavy atom. The predicted octanol–water partition coefficient (Wildman–Crippen LogP) is 4.73. The number of hydrogen-bond acceptors (Lipinski definition) is 3. The second kappa shape index (κ2) is 9.73. The molecule has 4 rings (SSSR count). The highest BCUT2D eigenvalue weighted by molar-refractivity contribution is 5.90. The van der Waals surface area contributed by atoms with Crippen molar-refractivity contribution in [2.45, 2.75) is 51.6 Å². The first-order valence-corrected chi connectivity index (χ1v) is 11.6. The van der Waals surface area contributed by atoms with E-state index in [9.17, 15) is 9.59 Å². The van der Waals surface area contributed by atoms with E-state index in [0.29, 0.717) is 6.54 Å². The van der Waals surface area contributed by atoms with Crippen LogP contribution < -0.4 is 10.8 Å². The van der Waals surface area contributed by atoms with Gasteiger partial charge in [0.05, 0.1) is 6.04 Å². The van der Waals surface area contributed by atoms with E-state index < -0.39 is 5.91 Å². The molecule has 1 unspecified atom stereocenters. The minimum absolute atomic E-state index is 0.0127. The number of nitrogens with zero attached hydrogens (tertiary/aromatic N) is 1. The van der Waals surface area contributed by atoms with Crippen molar-refractivity contribution in [1.82, 2.24) is 20.7 Å². The Morgan fingerprint density at radius 1 is 1.21 bits per heavy atom. The third-order valence-corrected chi connectivity index (χ3v) is 6.17. The minimum atomic E-state index is -0.569. The third-order valence-electron chi connectivity index (χ3n) is 6.17. The normalized spacial score (nSPS) is 15.5. The van der Waals surface area contributed by atoms with Crippen molar-refractivity contribution < 1.29 is 14.8 Å². The summed E-state index contributed by atoms with van der Waals surface area (Å²) in [5.41, 5.74) is 6.77. The highest BCUT2D eigenvalue weighted by Crippen LogP contribution is 2.37. The maximum atomic E-state index is 13.4. The van der Waals surface area contributed by atoms with Gasteiger partial charge in [-0.1, -0.05) is 36.4 Å². The van der Waals surface area contributed by atoms with E-state index in [2.05, 4.69) is 28.5 Å². The molecule has 1 aliphatic carbocycles. The first kappa shape index (κ1) is 23.6. The number of aromatic amines is 1. The lowest BCUT2D eigenvalue weighted by atomic mass is 10.0. The number of fused-ring (bicyclic) bond motifs is 2. The second-order valence-electron chi connectivity index (χ2n) is 9.81. The van der Waals surface area contributed by atoms with Crippen LogP contribution in [0.4, 0.5) is 4.79 Å². The van der Waals surface area contributed by atoms with Crippen molar-refractivity contribution in [1.29, 1.82) is 0 Å². The Labute approximate surface area is 199 Å². The van der Waals surface area contributed by atoms with Gasteiger partial charge in [0.1, 0.15) is 0 Å². The van der Waals surface area contributed by atoms with Crippen LogP contribution in [-0.2, 0) is 17.6 Å². The van der Waals surface area contributed by atoms with Crippen molar-refractivity contribution in [3.8, 4) is 0 Å². The van der Waals surface area contributed by atoms with Gasteiger partial charge in [-0.15, -0.1) is 0 Å². The number of benzene rings is 2. The number of urea groups is 1. The average molecular weight is 461 g/mol. The Balaban J connectivity index is 1.58. The van der Waals surface area contributed by atoms with Crippen molar-refractivity contribution in [2.24, 2.45) is 0 Å². The minimum Gasteiger partial charge on any atom is -0.361 e. The third kappa shape index (κ3) is 5.31. The smallest absolute Gasteiger partial charge is 0.318 e. The molecule has 178 valence electrons. The highest BCUT2D eigenvalue weighted by atomic mass is 16.5. The number of hydroxylamine groups is 1. The molecule has 34 heavy (non-hydrogen) atoms. The zero-order valence-electron chi connectivity index (χ0n) is 19.9. The first-order valence-electron chi connectivity index (χ1n) is 11.6. The average Bonchev–Trinajstić information content (AvgIpc) is 3.40. The molecule has 2 aromatic carbocycles. The van der Waals surface area contributed by atoms with E-state index in [1.54, 1.807) is 11.6 Å². The Bertz CT molecular complexity index is 1220. The molecular weight excluding hydrogens is 428 g/mol. The lowest BCUT2D eigenvalue weighted by Crippen LogP contribution is -2.50. The number of para-hydroxylation sites is 1. The highest BCUT2D eigenvalue weighted by Gasteiger charge is 2.32. The SMILES string of the molecule is CC(C)(C)NC(=O)N(CCc1c[nH]c2ccccc12)C1CCc2cc(C=CC(=O)NO)ccc21. The summed E-state index contributed by atoms with van der Waals surface area (Å²) in [6, 6.07) is 14.2. The number of aromatic nitrogens is 1. The molecule has 7 nitrogen and oxygen atoms in total. The van der Waals surface area contributed by atoms with Gasteiger partial charge in [0, 0.05) is 35.3 Å². The quantitative estimate of drug-likeness (QED) is 0.243. The summed E-state index contributed by atoms with van der Waals surface area (Å²) in [6.45, 7) is 6.58. The van der Waals surface area contributed by atoms with Gasteiger partial charge in [0.2, 0.25) is 0 Å². The van der Waals surface area contributed by atoms with Crippen LogP contribution in [0.1, 0.15) is 55.5 Å². The number of H-pyrrole nitrogens is 1. The maximum Gasteiger partial charge on any atom is 0.318 e. The van der Waals surface area contributed by atoms with Crippen LogP contribution in [-0.4, -0.2) is 39.1 Å². The Kier molecular flexibility index (Phi) is 6.75. The first-order chi connectivity index (χ1) is 16.2. The second-order valence-corrected chi connectivity index (χ2v) is 9.81. The number of hydrogen-bond donors (Lipinski definition) is 4. The van der Waals surface area contributed by atoms with Crippen molar-refractivity contribution in [2.75, 3.05) is 6.54 Å². The van der Waals surface area contributed by atoms with E-state index in [0.717, 1.165) is 35.9 Å². The predicted molar refractivity (Wildman–Crippen MR) is 133 cm³/mol. The molecule has 0 bridgehead atoms. The summed E-state index contributed by atoms with van der Waals surface area (Å²) >= 11 is 0. The van der Waals surface area contributed by atoms with E-state index in [1.165, 1.54) is 22.6 Å². The molecule has 0 fully saturated rings. The van der Waals surface area contributed by atoms with Gasteiger partial charge in [0.15, 0.2) is 0 Å². The Hall–Kier alpha value is -3.58. The summed E-state index contributed by atoms with van der Waals surface area (Å²) in [6.07, 6.45) is 7.46. The molecule has 0 aliphatic heterocycles. The summed E-state index contributed by atoms with van der Waals surface area (Å²) in [5, 5.41) is 13.0. The monoisotopic (exact) mass is 460 g/mol. The maximum absolute atomic E-state index is 13.4. The summed E-state index contributed by atoms with van der Waals surface area (Å²) in [4.78, 5) is 30.0. The number of nitrogens with one attached hydrogen (secondary N) is 3. The van der Waals surface area contributed by atoms with Crippen LogP contribution >= 0.6 is 0 Å². The molecule has 1 aromatic heterocycles. The zero-order chi connectivity index (χ0) is 24.3. The molecule has 1 atom stereocenters. The summed E-state index contributed by atoms with van der Waals surface area (Å²) < 4.78 is 0. The van der Waals surface area contributed by atoms with Gasteiger partial charge in [-0.3, -0.25) is 10.0 Å². The van der Waals surface area contributed by atoms with Crippen LogP contribution in [0.2, 0.25) is 0 Å². The fourth-order valence-corrected chi connectivity index (χ4v) is 4.62.